The maximum Gasteiger partial charge on any atom is 0.107 e. The van der Waals surface area contributed by atoms with Crippen molar-refractivity contribution >= 4 is 11.3 Å². The van der Waals surface area contributed by atoms with E-state index in [2.05, 4.69) is 39.5 Å². The van der Waals surface area contributed by atoms with Gasteiger partial charge >= 0.3 is 0 Å². The third kappa shape index (κ3) is 3.48. The van der Waals surface area contributed by atoms with E-state index in [1.54, 1.807) is 11.3 Å². The first-order valence-corrected chi connectivity index (χ1v) is 7.07. The van der Waals surface area contributed by atoms with Gasteiger partial charge in [0.25, 0.3) is 0 Å². The van der Waals surface area contributed by atoms with Gasteiger partial charge in [0.2, 0.25) is 0 Å². The monoisotopic (exact) mass is 254 g/mol. The van der Waals surface area contributed by atoms with Gasteiger partial charge in [-0.3, -0.25) is 4.90 Å². The van der Waals surface area contributed by atoms with Crippen LogP contribution >= 0.6 is 11.3 Å². The number of nitrogens with one attached hydrogen (secondary N) is 1. The lowest BCUT2D eigenvalue weighted by molar-refractivity contribution is 0.0928. The summed E-state index contributed by atoms with van der Waals surface area (Å²) in [4.78, 5) is 9.57. The van der Waals surface area contributed by atoms with Gasteiger partial charge in [-0.25, -0.2) is 4.98 Å². The number of aromatic nitrogens is 1. The fourth-order valence-corrected chi connectivity index (χ4v) is 3.07. The molecule has 0 radical (unpaired) electrons. The number of piperazine rings is 1. The van der Waals surface area contributed by atoms with E-state index in [-0.39, 0.29) is 0 Å². The van der Waals surface area contributed by atoms with Crippen molar-refractivity contribution in [3.05, 3.63) is 16.1 Å². The Balaban J connectivity index is 1.91. The van der Waals surface area contributed by atoms with E-state index in [0.717, 1.165) is 32.7 Å². The molecule has 0 aliphatic carbocycles. The summed E-state index contributed by atoms with van der Waals surface area (Å²) in [5, 5.41) is 6.52. The van der Waals surface area contributed by atoms with E-state index >= 15 is 0 Å². The summed E-state index contributed by atoms with van der Waals surface area (Å²) in [5.41, 5.74) is 1.22. The minimum atomic E-state index is 0.628. The molecular formula is C12H22N4S. The van der Waals surface area contributed by atoms with Crippen LogP contribution in [0.3, 0.4) is 0 Å². The first-order chi connectivity index (χ1) is 8.19. The third-order valence-electron chi connectivity index (χ3n) is 3.26. The van der Waals surface area contributed by atoms with Gasteiger partial charge in [-0.2, -0.15) is 0 Å². The van der Waals surface area contributed by atoms with Crippen molar-refractivity contribution in [3.8, 4) is 0 Å². The molecule has 0 amide bonds. The molecule has 96 valence electrons. The Morgan fingerprint density at radius 1 is 1.53 bits per heavy atom. The average Bonchev–Trinajstić information content (AvgIpc) is 2.71. The summed E-state index contributed by atoms with van der Waals surface area (Å²) in [6.45, 7) is 7.65. The van der Waals surface area contributed by atoms with Crippen molar-refractivity contribution in [2.45, 2.75) is 26.1 Å². The standard InChI is InChI=1S/C12H22N4S/c1-10-7-15(3)4-5-16(10)8-11-9-17-12(14-11)6-13-2/h9-10,13H,4-8H2,1-3H3. The number of hydrogen-bond donors (Lipinski definition) is 1. The first kappa shape index (κ1) is 13.0. The molecule has 0 spiro atoms. The lowest BCUT2D eigenvalue weighted by Gasteiger charge is -2.37. The highest BCUT2D eigenvalue weighted by atomic mass is 32.1. The maximum absolute atomic E-state index is 4.65. The number of nitrogens with zero attached hydrogens (tertiary/aromatic N) is 3. The Hall–Kier alpha value is -0.490. The fraction of sp³-hybridized carbons (Fsp3) is 0.750. The molecule has 1 atom stereocenters. The molecule has 2 heterocycles. The highest BCUT2D eigenvalue weighted by Crippen LogP contribution is 2.15. The van der Waals surface area contributed by atoms with E-state index in [9.17, 15) is 0 Å². The third-order valence-corrected chi connectivity index (χ3v) is 4.16. The molecule has 1 fully saturated rings. The van der Waals surface area contributed by atoms with Gasteiger partial charge in [0, 0.05) is 44.1 Å². The van der Waals surface area contributed by atoms with Crippen LogP contribution in [0.4, 0.5) is 0 Å². The summed E-state index contributed by atoms with van der Waals surface area (Å²) in [5.74, 6) is 0. The van der Waals surface area contributed by atoms with Crippen LogP contribution in [-0.4, -0.2) is 54.6 Å². The van der Waals surface area contributed by atoms with Gasteiger partial charge in [-0.15, -0.1) is 11.3 Å². The van der Waals surface area contributed by atoms with Crippen LogP contribution in [0.5, 0.6) is 0 Å². The minimum absolute atomic E-state index is 0.628. The predicted octanol–water partition coefficient (Wildman–Crippen LogP) is 0.998. The molecule has 0 aromatic carbocycles. The summed E-state index contributed by atoms with van der Waals surface area (Å²) in [6.07, 6.45) is 0. The van der Waals surface area contributed by atoms with Crippen molar-refractivity contribution in [2.24, 2.45) is 0 Å². The molecular weight excluding hydrogens is 232 g/mol. The van der Waals surface area contributed by atoms with Crippen LogP contribution < -0.4 is 5.32 Å². The molecule has 1 unspecified atom stereocenters. The van der Waals surface area contributed by atoms with Crippen LogP contribution in [0.15, 0.2) is 5.38 Å². The molecule has 0 saturated carbocycles. The quantitative estimate of drug-likeness (QED) is 0.868. The minimum Gasteiger partial charge on any atom is -0.314 e. The molecule has 17 heavy (non-hydrogen) atoms. The number of hydrogen-bond acceptors (Lipinski definition) is 5. The van der Waals surface area contributed by atoms with Gasteiger partial charge in [0.15, 0.2) is 0 Å². The van der Waals surface area contributed by atoms with E-state index in [1.165, 1.54) is 10.7 Å². The number of thiazole rings is 1. The summed E-state index contributed by atoms with van der Waals surface area (Å²) in [6, 6.07) is 0.628. The Morgan fingerprint density at radius 3 is 3.06 bits per heavy atom. The largest absolute Gasteiger partial charge is 0.314 e. The second-order valence-electron chi connectivity index (χ2n) is 4.84. The van der Waals surface area contributed by atoms with E-state index in [1.807, 2.05) is 7.05 Å². The van der Waals surface area contributed by atoms with Crippen LogP contribution in [0, 0.1) is 0 Å². The smallest absolute Gasteiger partial charge is 0.107 e. The summed E-state index contributed by atoms with van der Waals surface area (Å²) in [7, 11) is 4.16. The van der Waals surface area contributed by atoms with E-state index in [4.69, 9.17) is 0 Å². The molecule has 5 heteroatoms. The molecule has 1 aliphatic rings. The lowest BCUT2D eigenvalue weighted by atomic mass is 10.2. The van der Waals surface area contributed by atoms with Crippen LogP contribution in [0.1, 0.15) is 17.6 Å². The Kier molecular flexibility index (Phi) is 4.50. The average molecular weight is 254 g/mol. The molecule has 1 aliphatic heterocycles. The SMILES string of the molecule is CNCc1nc(CN2CCN(C)CC2C)cs1. The molecule has 1 aromatic rings. The van der Waals surface area contributed by atoms with Gasteiger partial charge in [0.05, 0.1) is 5.69 Å². The Labute approximate surface area is 108 Å². The zero-order valence-electron chi connectivity index (χ0n) is 10.9. The highest BCUT2D eigenvalue weighted by molar-refractivity contribution is 7.09. The van der Waals surface area contributed by atoms with Crippen molar-refractivity contribution in [1.82, 2.24) is 20.1 Å². The van der Waals surface area contributed by atoms with Crippen LogP contribution in [-0.2, 0) is 13.1 Å². The summed E-state index contributed by atoms with van der Waals surface area (Å²) < 4.78 is 0. The van der Waals surface area contributed by atoms with E-state index < -0.39 is 0 Å². The zero-order chi connectivity index (χ0) is 12.3. The van der Waals surface area contributed by atoms with E-state index in [0.29, 0.717) is 6.04 Å². The zero-order valence-corrected chi connectivity index (χ0v) is 11.8. The van der Waals surface area contributed by atoms with Crippen LogP contribution in [0.25, 0.3) is 0 Å². The normalized spacial score (nSPS) is 23.1. The Bertz CT molecular complexity index is 352. The van der Waals surface area contributed by atoms with Crippen molar-refractivity contribution in [2.75, 3.05) is 33.7 Å². The highest BCUT2D eigenvalue weighted by Gasteiger charge is 2.21. The van der Waals surface area contributed by atoms with Crippen LogP contribution in [0.2, 0.25) is 0 Å². The van der Waals surface area contributed by atoms with Crippen molar-refractivity contribution < 1.29 is 0 Å². The molecule has 2 rings (SSSR count). The lowest BCUT2D eigenvalue weighted by Crippen LogP contribution is -2.49. The van der Waals surface area contributed by atoms with Gasteiger partial charge in [0.1, 0.15) is 5.01 Å². The number of likely N-dealkylation sites (N-methyl/N-ethyl adjacent to an activating group) is 1. The topological polar surface area (TPSA) is 31.4 Å². The van der Waals surface area contributed by atoms with Gasteiger partial charge in [-0.1, -0.05) is 0 Å². The predicted molar refractivity (Wildman–Crippen MR) is 72.2 cm³/mol. The van der Waals surface area contributed by atoms with Gasteiger partial charge < -0.3 is 10.2 Å². The molecule has 1 aromatic heterocycles. The second kappa shape index (κ2) is 5.91. The molecule has 1 saturated heterocycles. The van der Waals surface area contributed by atoms with Crippen molar-refractivity contribution in [1.29, 1.82) is 0 Å². The maximum atomic E-state index is 4.65. The number of rotatable bonds is 4. The second-order valence-corrected chi connectivity index (χ2v) is 5.79. The fourth-order valence-electron chi connectivity index (χ4n) is 2.27. The molecule has 1 N–H and O–H groups in total. The first-order valence-electron chi connectivity index (χ1n) is 6.19. The van der Waals surface area contributed by atoms with Gasteiger partial charge in [-0.05, 0) is 21.0 Å². The summed E-state index contributed by atoms with van der Waals surface area (Å²) >= 11 is 1.75. The van der Waals surface area contributed by atoms with Crippen molar-refractivity contribution in [3.63, 3.8) is 0 Å². The Morgan fingerprint density at radius 2 is 2.35 bits per heavy atom. The molecule has 4 nitrogen and oxygen atoms in total. The molecule has 0 bridgehead atoms.